The fourth-order valence-electron chi connectivity index (χ4n) is 0.749. The summed E-state index contributed by atoms with van der Waals surface area (Å²) < 4.78 is 4.81. The topological polar surface area (TPSA) is 43.4 Å². The minimum atomic E-state index is -0.291. The largest absolute Gasteiger partial charge is 0.463 e. The van der Waals surface area contributed by atoms with Crippen LogP contribution in [0.2, 0.25) is 0 Å². The Balaban J connectivity index is 3.44. The molecule has 0 spiro atoms. The first-order valence-electron chi connectivity index (χ1n) is 3.69. The number of carbonyl (C=O) groups excluding carboxylic acids is 2. The lowest BCUT2D eigenvalue weighted by molar-refractivity contribution is -0.146. The normalized spacial score (nSPS) is 12.3. The maximum atomic E-state index is 10.5. The third kappa shape index (κ3) is 7.03. The molecule has 1 atom stereocenters. The van der Waals surface area contributed by atoms with E-state index in [4.69, 9.17) is 4.74 Å². The van der Waals surface area contributed by atoms with Crippen LogP contribution < -0.4 is 0 Å². The average Bonchev–Trinajstić information content (AvgIpc) is 1.82. The first kappa shape index (κ1) is 10.1. The third-order valence-corrected chi connectivity index (χ3v) is 1.27. The Bertz CT molecular complexity index is 151. The Kier molecular flexibility index (Phi) is 4.50. The lowest BCUT2D eigenvalue weighted by atomic mass is 10.2. The van der Waals surface area contributed by atoms with Gasteiger partial charge in [0.05, 0.1) is 6.10 Å². The highest BCUT2D eigenvalue weighted by atomic mass is 16.5. The summed E-state index contributed by atoms with van der Waals surface area (Å²) in [6.07, 6.45) is 0.958. The molecule has 0 rings (SSSR count). The Morgan fingerprint density at radius 3 is 2.27 bits per heavy atom. The van der Waals surface area contributed by atoms with Gasteiger partial charge in [-0.3, -0.25) is 4.79 Å². The van der Waals surface area contributed by atoms with E-state index in [1.807, 2.05) is 0 Å². The van der Waals surface area contributed by atoms with Gasteiger partial charge in [0.1, 0.15) is 5.78 Å². The monoisotopic (exact) mass is 158 g/mol. The van der Waals surface area contributed by atoms with Gasteiger partial charge in [-0.05, 0) is 20.3 Å². The van der Waals surface area contributed by atoms with Gasteiger partial charge in [-0.15, -0.1) is 0 Å². The summed E-state index contributed by atoms with van der Waals surface area (Å²) in [5.74, 6) is -0.162. The molecule has 64 valence electrons. The summed E-state index contributed by atoms with van der Waals surface area (Å²) in [5, 5.41) is 0. The highest BCUT2D eigenvalue weighted by molar-refractivity contribution is 5.75. The summed E-state index contributed by atoms with van der Waals surface area (Å²) in [5.41, 5.74) is 0. The molecule has 0 bridgehead atoms. The molecule has 0 radical (unpaired) electrons. The Morgan fingerprint density at radius 2 is 1.91 bits per heavy atom. The fourth-order valence-corrected chi connectivity index (χ4v) is 0.749. The van der Waals surface area contributed by atoms with Crippen molar-refractivity contribution in [2.24, 2.45) is 0 Å². The predicted octanol–water partition coefficient (Wildman–Crippen LogP) is 1.31. The van der Waals surface area contributed by atoms with Crippen LogP contribution in [0.15, 0.2) is 0 Å². The molecule has 0 aliphatic heterocycles. The van der Waals surface area contributed by atoms with E-state index in [-0.39, 0.29) is 17.9 Å². The van der Waals surface area contributed by atoms with Crippen molar-refractivity contribution in [3.8, 4) is 0 Å². The molecule has 0 saturated carbocycles. The van der Waals surface area contributed by atoms with E-state index in [0.717, 1.165) is 0 Å². The Hall–Kier alpha value is -0.860. The number of carbonyl (C=O) groups is 2. The fraction of sp³-hybridized carbons (Fsp3) is 0.750. The number of hydrogen-bond acceptors (Lipinski definition) is 3. The summed E-state index contributed by atoms with van der Waals surface area (Å²) in [4.78, 5) is 20.9. The van der Waals surface area contributed by atoms with Crippen LogP contribution in [0.5, 0.6) is 0 Å². The second kappa shape index (κ2) is 4.88. The number of ether oxygens (including phenoxy) is 1. The summed E-state index contributed by atoms with van der Waals surface area (Å²) in [6.45, 7) is 4.68. The number of rotatable bonds is 4. The number of ketones is 1. The molecule has 11 heavy (non-hydrogen) atoms. The molecule has 0 aromatic rings. The maximum absolute atomic E-state index is 10.5. The smallest absolute Gasteiger partial charge is 0.302 e. The van der Waals surface area contributed by atoms with E-state index in [2.05, 4.69) is 0 Å². The minimum absolute atomic E-state index is 0.129. The summed E-state index contributed by atoms with van der Waals surface area (Å²) in [6, 6.07) is 0. The molecule has 0 fully saturated rings. The van der Waals surface area contributed by atoms with Crippen LogP contribution in [0, 0.1) is 0 Å². The molecule has 1 unspecified atom stereocenters. The van der Waals surface area contributed by atoms with E-state index in [1.165, 1.54) is 13.8 Å². The molecule has 3 nitrogen and oxygen atoms in total. The Labute approximate surface area is 66.7 Å². The van der Waals surface area contributed by atoms with Crippen LogP contribution in [-0.2, 0) is 14.3 Å². The molecule has 0 amide bonds. The van der Waals surface area contributed by atoms with Crippen molar-refractivity contribution >= 4 is 11.8 Å². The van der Waals surface area contributed by atoms with Gasteiger partial charge in [0.25, 0.3) is 0 Å². The van der Waals surface area contributed by atoms with Crippen molar-refractivity contribution in [1.29, 1.82) is 0 Å². The first-order chi connectivity index (χ1) is 5.02. The van der Waals surface area contributed by atoms with Crippen LogP contribution in [0.3, 0.4) is 0 Å². The van der Waals surface area contributed by atoms with E-state index in [1.54, 1.807) is 6.92 Å². The molecule has 0 heterocycles. The summed E-state index contributed by atoms with van der Waals surface area (Å²) in [7, 11) is 0. The van der Waals surface area contributed by atoms with Gasteiger partial charge in [0, 0.05) is 13.3 Å². The van der Waals surface area contributed by atoms with Crippen LogP contribution in [0.4, 0.5) is 0 Å². The van der Waals surface area contributed by atoms with Gasteiger partial charge in [0.2, 0.25) is 0 Å². The number of Topliss-reactive ketones (excluding diaryl/α,β-unsaturated/α-hetero) is 1. The van der Waals surface area contributed by atoms with Crippen molar-refractivity contribution < 1.29 is 14.3 Å². The zero-order chi connectivity index (χ0) is 8.85. The average molecular weight is 158 g/mol. The van der Waals surface area contributed by atoms with Crippen LogP contribution in [0.25, 0.3) is 0 Å². The van der Waals surface area contributed by atoms with Crippen molar-refractivity contribution in [2.75, 3.05) is 0 Å². The van der Waals surface area contributed by atoms with Crippen molar-refractivity contribution in [1.82, 2.24) is 0 Å². The third-order valence-electron chi connectivity index (χ3n) is 1.27. The highest BCUT2D eigenvalue weighted by Crippen LogP contribution is 2.01. The van der Waals surface area contributed by atoms with Crippen LogP contribution in [-0.4, -0.2) is 17.9 Å². The molecule has 0 aliphatic rings. The van der Waals surface area contributed by atoms with Crippen LogP contribution >= 0.6 is 0 Å². The highest BCUT2D eigenvalue weighted by Gasteiger charge is 2.05. The standard InChI is InChI=1S/C8H14O3/c1-6(9)4-5-7(2)11-8(3)10/h7H,4-5H2,1-3H3. The van der Waals surface area contributed by atoms with E-state index >= 15 is 0 Å². The summed E-state index contributed by atoms with van der Waals surface area (Å²) >= 11 is 0. The lowest BCUT2D eigenvalue weighted by Gasteiger charge is -2.09. The predicted molar refractivity (Wildman–Crippen MR) is 41.1 cm³/mol. The first-order valence-corrected chi connectivity index (χ1v) is 3.69. The molecular formula is C8H14O3. The SMILES string of the molecule is CC(=O)CCC(C)OC(C)=O. The molecular weight excluding hydrogens is 144 g/mol. The molecule has 0 aromatic carbocycles. The molecule has 0 N–H and O–H groups in total. The van der Waals surface area contributed by atoms with Gasteiger partial charge in [-0.2, -0.15) is 0 Å². The minimum Gasteiger partial charge on any atom is -0.463 e. The zero-order valence-corrected chi connectivity index (χ0v) is 7.22. The second-order valence-electron chi connectivity index (χ2n) is 2.66. The van der Waals surface area contributed by atoms with E-state index in [9.17, 15) is 9.59 Å². The molecule has 0 aliphatic carbocycles. The quantitative estimate of drug-likeness (QED) is 0.579. The van der Waals surface area contributed by atoms with Crippen molar-refractivity contribution in [2.45, 2.75) is 39.7 Å². The van der Waals surface area contributed by atoms with Gasteiger partial charge >= 0.3 is 5.97 Å². The van der Waals surface area contributed by atoms with Gasteiger partial charge in [-0.25, -0.2) is 0 Å². The zero-order valence-electron chi connectivity index (χ0n) is 7.22. The molecule has 3 heteroatoms. The van der Waals surface area contributed by atoms with E-state index < -0.39 is 0 Å². The van der Waals surface area contributed by atoms with Gasteiger partial charge < -0.3 is 9.53 Å². The second-order valence-corrected chi connectivity index (χ2v) is 2.66. The van der Waals surface area contributed by atoms with Crippen molar-refractivity contribution in [3.05, 3.63) is 0 Å². The Morgan fingerprint density at radius 1 is 1.36 bits per heavy atom. The van der Waals surface area contributed by atoms with Gasteiger partial charge in [0.15, 0.2) is 0 Å². The number of esters is 1. The van der Waals surface area contributed by atoms with Crippen molar-refractivity contribution in [3.63, 3.8) is 0 Å². The molecule has 0 saturated heterocycles. The lowest BCUT2D eigenvalue weighted by Crippen LogP contribution is -2.13. The van der Waals surface area contributed by atoms with Gasteiger partial charge in [-0.1, -0.05) is 0 Å². The van der Waals surface area contributed by atoms with E-state index in [0.29, 0.717) is 12.8 Å². The number of hydrogen-bond donors (Lipinski definition) is 0. The molecule has 0 aromatic heterocycles. The maximum Gasteiger partial charge on any atom is 0.302 e. The van der Waals surface area contributed by atoms with Crippen LogP contribution in [0.1, 0.15) is 33.6 Å².